The quantitative estimate of drug-likeness (QED) is 0.0689. The van der Waals surface area contributed by atoms with Crippen LogP contribution in [0, 0.1) is 11.8 Å². The lowest BCUT2D eigenvalue weighted by Crippen LogP contribution is -2.03. The Hall–Kier alpha value is -5.63. The summed E-state index contributed by atoms with van der Waals surface area (Å²) in [5, 5.41) is 22.5. The molecule has 0 bridgehead atoms. The van der Waals surface area contributed by atoms with E-state index < -0.39 is 0 Å². The Morgan fingerprint density at radius 1 is 0.680 bits per heavy atom. The van der Waals surface area contributed by atoms with Gasteiger partial charge in [0.25, 0.3) is 0 Å². The van der Waals surface area contributed by atoms with E-state index in [1.54, 1.807) is 22.7 Å². The number of rotatable bonds is 0. The number of hydrogen-bond donors (Lipinski definition) is 0. The van der Waals surface area contributed by atoms with Gasteiger partial charge in [-0.25, -0.2) is 0 Å². The molecule has 50 heavy (non-hydrogen) atoms. The third-order valence-electron chi connectivity index (χ3n) is 11.8. The molecular formula is C44H14O3S3. The molecule has 5 aliphatic rings. The molecule has 0 saturated heterocycles. The lowest BCUT2D eigenvalue weighted by molar-refractivity contribution is 0.579. The highest BCUT2D eigenvalue weighted by Crippen LogP contribution is 2.62. The fourth-order valence-corrected chi connectivity index (χ4v) is 13.2. The highest BCUT2D eigenvalue weighted by Gasteiger charge is 2.39. The van der Waals surface area contributed by atoms with Gasteiger partial charge in [0, 0.05) is 92.4 Å². The van der Waals surface area contributed by atoms with Crippen molar-refractivity contribution >= 4 is 160 Å². The molecule has 10 aromatic rings. The number of hydrogen-bond acceptors (Lipinski definition) is 6. The van der Waals surface area contributed by atoms with Crippen molar-refractivity contribution in [1.82, 2.24) is 0 Å². The second-order valence-corrected chi connectivity index (χ2v) is 16.6. The molecule has 226 valence electrons. The number of thiophene rings is 2. The van der Waals surface area contributed by atoms with E-state index >= 15 is 0 Å². The summed E-state index contributed by atoms with van der Waals surface area (Å²) < 4.78 is 23.1. The first-order valence-electron chi connectivity index (χ1n) is 16.6. The molecule has 6 aromatic carbocycles. The monoisotopic (exact) mass is 686 g/mol. The zero-order valence-corrected chi connectivity index (χ0v) is 28.1. The van der Waals surface area contributed by atoms with Crippen LogP contribution in [0.3, 0.4) is 0 Å². The van der Waals surface area contributed by atoms with Gasteiger partial charge in [-0.3, -0.25) is 0 Å². The molecule has 6 heterocycles. The molecule has 2 aliphatic heterocycles. The first-order valence-corrected chi connectivity index (χ1v) is 19.3. The maximum atomic E-state index is 7.03. The van der Waals surface area contributed by atoms with Gasteiger partial charge >= 0.3 is 0 Å². The summed E-state index contributed by atoms with van der Waals surface area (Å²) in [4.78, 5) is 1.18. The van der Waals surface area contributed by atoms with Gasteiger partial charge in [0.1, 0.15) is 27.9 Å². The Balaban J connectivity index is 1.49. The summed E-state index contributed by atoms with van der Waals surface area (Å²) in [5.41, 5.74) is 16.1. The highest BCUT2D eigenvalue weighted by atomic mass is 32.2. The van der Waals surface area contributed by atoms with Gasteiger partial charge in [-0.05, 0) is 39.4 Å². The minimum atomic E-state index is -0.145. The third kappa shape index (κ3) is 2.30. The molecule has 0 fully saturated rings. The Morgan fingerprint density at radius 2 is 1.50 bits per heavy atom. The minimum absolute atomic E-state index is 0.145. The molecular weight excluding hydrogens is 673 g/mol. The maximum absolute atomic E-state index is 7.03. The van der Waals surface area contributed by atoms with Crippen molar-refractivity contribution in [3.63, 3.8) is 0 Å². The molecule has 0 radical (unpaired) electrons. The lowest BCUT2D eigenvalue weighted by Gasteiger charge is -2.23. The third-order valence-corrected chi connectivity index (χ3v) is 14.8. The Kier molecular flexibility index (Phi) is 3.71. The van der Waals surface area contributed by atoms with Gasteiger partial charge < -0.3 is 13.3 Å². The Morgan fingerprint density at radius 3 is 2.46 bits per heavy atom. The molecule has 0 spiro atoms. The predicted octanol–water partition coefficient (Wildman–Crippen LogP) is 11.6. The summed E-state index contributed by atoms with van der Waals surface area (Å²) in [6.45, 7) is 4.57. The van der Waals surface area contributed by atoms with E-state index in [0.29, 0.717) is 11.2 Å². The molecule has 3 aliphatic carbocycles. The smallest absolute Gasteiger partial charge is 0.153 e. The van der Waals surface area contributed by atoms with E-state index in [1.165, 1.54) is 85.7 Å². The van der Waals surface area contributed by atoms with Crippen molar-refractivity contribution in [3.05, 3.63) is 80.4 Å². The van der Waals surface area contributed by atoms with E-state index in [0.717, 1.165) is 59.6 Å². The maximum Gasteiger partial charge on any atom is 0.153 e. The molecule has 15 rings (SSSR count). The summed E-state index contributed by atoms with van der Waals surface area (Å²) >= 11 is 5.30. The number of benzene rings is 6. The molecule has 4 aromatic heterocycles. The van der Waals surface area contributed by atoms with Crippen molar-refractivity contribution in [1.29, 1.82) is 0 Å². The summed E-state index contributed by atoms with van der Waals surface area (Å²) in [6.07, 6.45) is 1.96. The Bertz CT molecular complexity index is 3940. The SMILES string of the molecule is C=c1oc2cccc3c4csc5c6oc7cccc8c7c6c6c7c9c(c%10oc%11c%12c(c%13csc1c%13-c(c7c%10%12)c(c23)c6c45)=C=C=C%11)SCC#CC89. The van der Waals surface area contributed by atoms with Crippen LogP contribution in [-0.4, -0.2) is 5.75 Å². The zero-order valence-electron chi connectivity index (χ0n) is 25.6. The van der Waals surface area contributed by atoms with Crippen LogP contribution >= 0.6 is 34.4 Å². The van der Waals surface area contributed by atoms with Gasteiger partial charge in [0.2, 0.25) is 0 Å². The van der Waals surface area contributed by atoms with Gasteiger partial charge in [-0.15, -0.1) is 34.4 Å². The largest absolute Gasteiger partial charge is 0.456 e. The molecule has 0 amide bonds. The van der Waals surface area contributed by atoms with E-state index in [4.69, 9.17) is 13.3 Å². The molecule has 6 heteroatoms. The van der Waals surface area contributed by atoms with E-state index in [1.807, 2.05) is 17.8 Å². The topological polar surface area (TPSA) is 39.4 Å². The second-order valence-electron chi connectivity index (χ2n) is 13.8. The fourth-order valence-electron chi connectivity index (χ4n) is 10.2. The van der Waals surface area contributed by atoms with Crippen LogP contribution in [-0.2, 0) is 0 Å². The average Bonchev–Trinajstić information content (AvgIpc) is 3.87. The van der Waals surface area contributed by atoms with Gasteiger partial charge in [-0.2, -0.15) is 0 Å². The summed E-state index contributed by atoms with van der Waals surface area (Å²) in [6, 6.07) is 13.0. The highest BCUT2D eigenvalue weighted by molar-refractivity contribution is 7.99. The number of thioether (sulfide) groups is 1. The van der Waals surface area contributed by atoms with Crippen molar-refractivity contribution < 1.29 is 13.3 Å². The van der Waals surface area contributed by atoms with E-state index in [9.17, 15) is 0 Å². The number of furan rings is 2. The minimum Gasteiger partial charge on any atom is -0.456 e. The van der Waals surface area contributed by atoms with Crippen LogP contribution in [0.2, 0.25) is 0 Å². The van der Waals surface area contributed by atoms with Gasteiger partial charge in [0.05, 0.1) is 26.0 Å². The average molecular weight is 687 g/mol. The molecule has 0 N–H and O–H groups in total. The normalized spacial score (nSPS) is 16.3. The van der Waals surface area contributed by atoms with Crippen molar-refractivity contribution in [2.45, 2.75) is 10.8 Å². The molecule has 1 atom stereocenters. The molecule has 0 saturated carbocycles. The summed E-state index contributed by atoms with van der Waals surface area (Å²) in [7, 11) is 0. The first kappa shape index (κ1) is 24.5. The second kappa shape index (κ2) is 7.58. The Labute approximate surface area is 291 Å². The van der Waals surface area contributed by atoms with Crippen LogP contribution < -0.4 is 10.6 Å². The fraction of sp³-hybridized carbons (Fsp3) is 0.0455. The summed E-state index contributed by atoms with van der Waals surface area (Å²) in [5.74, 6) is 8.75. The molecule has 1 unspecified atom stereocenters. The van der Waals surface area contributed by atoms with Crippen LogP contribution in [0.4, 0.5) is 0 Å². The predicted molar refractivity (Wildman–Crippen MR) is 210 cm³/mol. The van der Waals surface area contributed by atoms with Crippen molar-refractivity contribution in [3.8, 4) is 23.0 Å². The standard InChI is InChI=1S/C44H14O3S3/c1-16-42-30-21(14-49-42)20-8-4-12-25-28(20)39-36-33-29-18(9-5-13-48-43(29)40(39)46-25)17-6-2-11-24-27(17)38-37(33)35-31-22(15-50-44(31)41(38)47-24)19-7-3-10-23(45-16)26(19)32(35)34(30)36/h2-3,6-7,10-12,14-15,18H,1,13H2. The van der Waals surface area contributed by atoms with Crippen LogP contribution in [0.25, 0.3) is 137 Å². The van der Waals surface area contributed by atoms with Crippen LogP contribution in [0.15, 0.2) is 71.0 Å². The van der Waals surface area contributed by atoms with Crippen LogP contribution in [0.1, 0.15) is 22.8 Å². The van der Waals surface area contributed by atoms with Crippen LogP contribution in [0.5, 0.6) is 0 Å². The molecule has 3 nitrogen and oxygen atoms in total. The van der Waals surface area contributed by atoms with Gasteiger partial charge in [0.15, 0.2) is 5.58 Å². The van der Waals surface area contributed by atoms with Crippen molar-refractivity contribution in [2.75, 3.05) is 5.75 Å². The number of fused-ring (bicyclic) bond motifs is 5. The lowest BCUT2D eigenvalue weighted by atomic mass is 9.80. The van der Waals surface area contributed by atoms with E-state index in [2.05, 4.69) is 77.0 Å². The van der Waals surface area contributed by atoms with Gasteiger partial charge in [-0.1, -0.05) is 54.1 Å². The first-order chi connectivity index (χ1) is 24.8. The van der Waals surface area contributed by atoms with E-state index in [-0.39, 0.29) is 5.92 Å². The zero-order chi connectivity index (χ0) is 31.9. The van der Waals surface area contributed by atoms with Crippen molar-refractivity contribution in [2.24, 2.45) is 0 Å².